The molecule has 6 heteroatoms. The summed E-state index contributed by atoms with van der Waals surface area (Å²) in [4.78, 5) is 26.5. The molecule has 0 aromatic heterocycles. The van der Waals surface area contributed by atoms with Crippen LogP contribution in [0.3, 0.4) is 0 Å². The summed E-state index contributed by atoms with van der Waals surface area (Å²) in [5.41, 5.74) is 0.0327. The Morgan fingerprint density at radius 2 is 1.88 bits per heavy atom. The Labute approximate surface area is 146 Å². The maximum Gasteiger partial charge on any atom is 0.246 e. The van der Waals surface area contributed by atoms with Crippen molar-refractivity contribution in [3.05, 3.63) is 35.9 Å². The Bertz CT molecular complexity index is 624. The molecular weight excluding hydrogens is 324 g/mol. The molecular formula is C18H24N2O3S. The lowest BCUT2D eigenvalue weighted by molar-refractivity contribution is -0.140. The number of thioether (sulfide) groups is 1. The third-order valence-electron chi connectivity index (χ3n) is 4.97. The highest BCUT2D eigenvalue weighted by atomic mass is 32.2. The summed E-state index contributed by atoms with van der Waals surface area (Å²) in [7, 11) is 0. The van der Waals surface area contributed by atoms with Gasteiger partial charge in [-0.15, -0.1) is 11.8 Å². The number of benzene rings is 1. The zero-order valence-corrected chi connectivity index (χ0v) is 14.9. The summed E-state index contributed by atoms with van der Waals surface area (Å²) < 4.78 is -0.480. The molecule has 1 aromatic rings. The van der Waals surface area contributed by atoms with E-state index in [0.717, 1.165) is 5.56 Å². The van der Waals surface area contributed by atoms with Crippen LogP contribution in [0, 0.1) is 0 Å². The molecule has 5 nitrogen and oxygen atoms in total. The Balaban J connectivity index is 1.61. The van der Waals surface area contributed by atoms with E-state index in [1.165, 1.54) is 11.8 Å². The predicted molar refractivity (Wildman–Crippen MR) is 94.6 cm³/mol. The summed E-state index contributed by atoms with van der Waals surface area (Å²) in [5.74, 6) is 0.466. The van der Waals surface area contributed by atoms with E-state index in [1.807, 2.05) is 44.2 Å². The second-order valence-corrected chi connectivity index (χ2v) is 8.71. The third kappa shape index (κ3) is 3.30. The molecule has 0 bridgehead atoms. The standard InChI is InChI=1S/C18H24N2O3S/c1-17(2)16(22)19-14(12-24-17)15(21)20-10-8-18(23,9-11-20)13-6-4-3-5-7-13/h3-7,14,23H,8-12H2,1-2H3,(H,19,22)/t14-/m0/s1. The average molecular weight is 348 g/mol. The number of nitrogens with zero attached hydrogens (tertiary/aromatic N) is 1. The molecule has 0 spiro atoms. The first-order valence-electron chi connectivity index (χ1n) is 8.33. The molecule has 2 fully saturated rings. The number of aliphatic hydroxyl groups is 1. The van der Waals surface area contributed by atoms with E-state index in [4.69, 9.17) is 0 Å². The first kappa shape index (κ1) is 17.3. The molecule has 2 amide bonds. The van der Waals surface area contributed by atoms with E-state index in [-0.39, 0.29) is 11.8 Å². The first-order chi connectivity index (χ1) is 11.3. The molecule has 2 aliphatic rings. The minimum Gasteiger partial charge on any atom is -0.385 e. The van der Waals surface area contributed by atoms with Crippen LogP contribution in [0.2, 0.25) is 0 Å². The van der Waals surface area contributed by atoms with Crippen LogP contribution >= 0.6 is 11.8 Å². The van der Waals surface area contributed by atoms with Crippen molar-refractivity contribution in [1.29, 1.82) is 0 Å². The smallest absolute Gasteiger partial charge is 0.246 e. The zero-order valence-electron chi connectivity index (χ0n) is 14.1. The fourth-order valence-electron chi connectivity index (χ4n) is 3.22. The van der Waals surface area contributed by atoms with E-state index in [9.17, 15) is 14.7 Å². The van der Waals surface area contributed by atoms with E-state index >= 15 is 0 Å². The number of hydrogen-bond donors (Lipinski definition) is 2. The highest BCUT2D eigenvalue weighted by Gasteiger charge is 2.41. The van der Waals surface area contributed by atoms with Crippen LogP contribution in [-0.4, -0.2) is 51.5 Å². The average Bonchev–Trinajstić information content (AvgIpc) is 2.58. The second kappa shape index (κ2) is 6.41. The molecule has 1 atom stereocenters. The Morgan fingerprint density at radius 3 is 2.46 bits per heavy atom. The lowest BCUT2D eigenvalue weighted by atomic mass is 9.84. The van der Waals surface area contributed by atoms with Crippen LogP contribution in [-0.2, 0) is 15.2 Å². The number of piperidine rings is 1. The fourth-order valence-corrected chi connectivity index (χ4v) is 4.22. The largest absolute Gasteiger partial charge is 0.385 e. The van der Waals surface area contributed by atoms with Gasteiger partial charge in [0.05, 0.1) is 10.3 Å². The summed E-state index contributed by atoms with van der Waals surface area (Å²) in [6.45, 7) is 4.75. The molecule has 1 aromatic carbocycles. The summed E-state index contributed by atoms with van der Waals surface area (Å²) in [6, 6.07) is 9.16. The predicted octanol–water partition coefficient (Wildman–Crippen LogP) is 1.51. The van der Waals surface area contributed by atoms with Crippen LogP contribution < -0.4 is 5.32 Å². The molecule has 2 saturated heterocycles. The van der Waals surface area contributed by atoms with Gasteiger partial charge >= 0.3 is 0 Å². The van der Waals surface area contributed by atoms with Gasteiger partial charge in [0.1, 0.15) is 6.04 Å². The molecule has 3 rings (SSSR count). The van der Waals surface area contributed by atoms with Gasteiger partial charge < -0.3 is 15.3 Å². The molecule has 130 valence electrons. The van der Waals surface area contributed by atoms with E-state index < -0.39 is 16.4 Å². The van der Waals surface area contributed by atoms with Crippen LogP contribution in [0.15, 0.2) is 30.3 Å². The number of rotatable bonds is 2. The first-order valence-corrected chi connectivity index (χ1v) is 9.32. The maximum absolute atomic E-state index is 12.7. The number of carbonyl (C=O) groups is 2. The van der Waals surface area contributed by atoms with Crippen molar-refractivity contribution in [2.45, 2.75) is 43.1 Å². The van der Waals surface area contributed by atoms with Gasteiger partial charge in [0.15, 0.2) is 0 Å². The third-order valence-corrected chi connectivity index (χ3v) is 6.38. The highest BCUT2D eigenvalue weighted by molar-refractivity contribution is 8.01. The molecule has 0 unspecified atom stereocenters. The maximum atomic E-state index is 12.7. The molecule has 0 saturated carbocycles. The van der Waals surface area contributed by atoms with Crippen LogP contribution in [0.1, 0.15) is 32.3 Å². The quantitative estimate of drug-likeness (QED) is 0.850. The zero-order chi connectivity index (χ0) is 17.4. The van der Waals surface area contributed by atoms with Crippen molar-refractivity contribution >= 4 is 23.6 Å². The summed E-state index contributed by atoms with van der Waals surface area (Å²) in [6.07, 6.45) is 1.03. The van der Waals surface area contributed by atoms with Crippen molar-refractivity contribution in [3.8, 4) is 0 Å². The molecule has 2 N–H and O–H groups in total. The Kier molecular flexibility index (Phi) is 4.62. The molecule has 0 aliphatic carbocycles. The van der Waals surface area contributed by atoms with Gasteiger partial charge in [-0.1, -0.05) is 30.3 Å². The fraction of sp³-hybridized carbons (Fsp3) is 0.556. The number of likely N-dealkylation sites (tertiary alicyclic amines) is 1. The van der Waals surface area contributed by atoms with Crippen LogP contribution in [0.25, 0.3) is 0 Å². The molecule has 0 radical (unpaired) electrons. The number of carbonyl (C=O) groups excluding carboxylic acids is 2. The van der Waals surface area contributed by atoms with Gasteiger partial charge in [-0.3, -0.25) is 9.59 Å². The van der Waals surface area contributed by atoms with Crippen molar-refractivity contribution in [3.63, 3.8) is 0 Å². The minimum atomic E-state index is -0.870. The SMILES string of the molecule is CC1(C)SC[C@@H](C(=O)N2CCC(O)(c3ccccc3)CC2)NC1=O. The number of nitrogens with one attached hydrogen (secondary N) is 1. The van der Waals surface area contributed by atoms with Crippen molar-refractivity contribution in [2.75, 3.05) is 18.8 Å². The van der Waals surface area contributed by atoms with Gasteiger partial charge in [-0.05, 0) is 32.3 Å². The number of hydrogen-bond acceptors (Lipinski definition) is 4. The normalized spacial score (nSPS) is 25.9. The highest BCUT2D eigenvalue weighted by Crippen LogP contribution is 2.34. The topological polar surface area (TPSA) is 69.6 Å². The van der Waals surface area contributed by atoms with Crippen molar-refractivity contribution in [1.82, 2.24) is 10.2 Å². The Morgan fingerprint density at radius 1 is 1.25 bits per heavy atom. The monoisotopic (exact) mass is 348 g/mol. The van der Waals surface area contributed by atoms with Gasteiger partial charge in [0.25, 0.3) is 0 Å². The van der Waals surface area contributed by atoms with Gasteiger partial charge in [0, 0.05) is 18.8 Å². The number of amides is 2. The lowest BCUT2D eigenvalue weighted by Crippen LogP contribution is -2.59. The van der Waals surface area contributed by atoms with Gasteiger partial charge in [-0.25, -0.2) is 0 Å². The van der Waals surface area contributed by atoms with Crippen LogP contribution in [0.5, 0.6) is 0 Å². The summed E-state index contributed by atoms with van der Waals surface area (Å²) >= 11 is 1.52. The molecule has 24 heavy (non-hydrogen) atoms. The lowest BCUT2D eigenvalue weighted by Gasteiger charge is -2.41. The van der Waals surface area contributed by atoms with Crippen LogP contribution in [0.4, 0.5) is 0 Å². The van der Waals surface area contributed by atoms with E-state index in [0.29, 0.717) is 31.7 Å². The minimum absolute atomic E-state index is 0.0403. The van der Waals surface area contributed by atoms with Crippen molar-refractivity contribution in [2.24, 2.45) is 0 Å². The van der Waals surface area contributed by atoms with E-state index in [2.05, 4.69) is 5.32 Å². The molecule has 2 aliphatic heterocycles. The van der Waals surface area contributed by atoms with Gasteiger partial charge in [-0.2, -0.15) is 0 Å². The van der Waals surface area contributed by atoms with E-state index in [1.54, 1.807) is 4.90 Å². The second-order valence-electron chi connectivity index (χ2n) is 7.07. The van der Waals surface area contributed by atoms with Crippen molar-refractivity contribution < 1.29 is 14.7 Å². The summed E-state index contributed by atoms with van der Waals surface area (Å²) in [5, 5.41) is 13.7. The Hall–Kier alpha value is -1.53. The molecule has 2 heterocycles. The van der Waals surface area contributed by atoms with Gasteiger partial charge in [0.2, 0.25) is 11.8 Å².